The number of thiocarbonyl (C=S) groups is 1. The van der Waals surface area contributed by atoms with Gasteiger partial charge in [0.05, 0.1) is 0 Å². The largest absolute Gasteiger partial charge is 0.389 e. The quantitative estimate of drug-likeness (QED) is 0.664. The smallest absolute Gasteiger partial charge is 0.104 e. The van der Waals surface area contributed by atoms with E-state index < -0.39 is 0 Å². The van der Waals surface area contributed by atoms with Crippen molar-refractivity contribution in [1.82, 2.24) is 0 Å². The Kier molecular flexibility index (Phi) is 4.12. The second-order valence-electron chi connectivity index (χ2n) is 2.51. The summed E-state index contributed by atoms with van der Waals surface area (Å²) in [4.78, 5) is 0.440. The Morgan fingerprint density at radius 1 is 1.46 bits per heavy atom. The first-order valence-electron chi connectivity index (χ1n) is 3.87. The normalized spacial score (nSPS) is 10.5. The molecule has 1 nitrogen and oxygen atoms in total. The summed E-state index contributed by atoms with van der Waals surface area (Å²) in [5, 5.41) is 0.832. The molecule has 1 rings (SSSR count). The molecule has 0 radical (unpaired) electrons. The molecule has 1 aromatic rings. The van der Waals surface area contributed by atoms with Gasteiger partial charge in [-0.3, -0.25) is 0 Å². The standard InChI is InChI=1S/C10H10BrNS/c11-7-3-5-8-4-1-2-6-9(8)10(12)13/h1-6H,7H2,(H2,12,13). The van der Waals surface area contributed by atoms with E-state index in [0.717, 1.165) is 16.5 Å². The van der Waals surface area contributed by atoms with Crippen molar-refractivity contribution in [2.24, 2.45) is 5.73 Å². The number of rotatable bonds is 3. The van der Waals surface area contributed by atoms with Gasteiger partial charge in [0, 0.05) is 10.9 Å². The summed E-state index contributed by atoms with van der Waals surface area (Å²) >= 11 is 8.25. The van der Waals surface area contributed by atoms with E-state index in [4.69, 9.17) is 18.0 Å². The Labute approximate surface area is 91.8 Å². The number of alkyl halides is 1. The van der Waals surface area contributed by atoms with Gasteiger partial charge in [0.25, 0.3) is 0 Å². The maximum absolute atomic E-state index is 5.57. The Balaban J connectivity index is 3.05. The molecule has 68 valence electrons. The average Bonchev–Trinajstić information content (AvgIpc) is 2.15. The summed E-state index contributed by atoms with van der Waals surface area (Å²) in [6.45, 7) is 0. The summed E-state index contributed by atoms with van der Waals surface area (Å²) in [7, 11) is 0. The minimum Gasteiger partial charge on any atom is -0.389 e. The zero-order valence-corrected chi connectivity index (χ0v) is 9.44. The molecule has 0 saturated heterocycles. The molecule has 13 heavy (non-hydrogen) atoms. The highest BCUT2D eigenvalue weighted by Gasteiger charge is 1.99. The summed E-state index contributed by atoms with van der Waals surface area (Å²) in [5.41, 5.74) is 7.56. The lowest BCUT2D eigenvalue weighted by atomic mass is 10.1. The van der Waals surface area contributed by atoms with Gasteiger partial charge >= 0.3 is 0 Å². The topological polar surface area (TPSA) is 26.0 Å². The van der Waals surface area contributed by atoms with Gasteiger partial charge in [0.2, 0.25) is 0 Å². The first-order valence-corrected chi connectivity index (χ1v) is 5.40. The zero-order chi connectivity index (χ0) is 9.68. The van der Waals surface area contributed by atoms with Crippen LogP contribution in [0.5, 0.6) is 0 Å². The number of hydrogen-bond acceptors (Lipinski definition) is 1. The summed E-state index contributed by atoms with van der Waals surface area (Å²) in [6, 6.07) is 7.82. The lowest BCUT2D eigenvalue weighted by molar-refractivity contribution is 1.58. The molecule has 1 aromatic carbocycles. The third-order valence-electron chi connectivity index (χ3n) is 1.61. The van der Waals surface area contributed by atoms with Crippen molar-refractivity contribution in [3.63, 3.8) is 0 Å². The molecule has 0 saturated carbocycles. The summed E-state index contributed by atoms with van der Waals surface area (Å²) < 4.78 is 0. The molecule has 0 amide bonds. The molecule has 2 N–H and O–H groups in total. The second kappa shape index (κ2) is 5.14. The number of allylic oxidation sites excluding steroid dienone is 1. The fourth-order valence-corrected chi connectivity index (χ4v) is 1.41. The molecule has 0 aliphatic carbocycles. The highest BCUT2D eigenvalue weighted by Crippen LogP contribution is 2.10. The summed E-state index contributed by atoms with van der Waals surface area (Å²) in [5.74, 6) is 0. The van der Waals surface area contributed by atoms with Crippen molar-refractivity contribution in [3.05, 3.63) is 41.5 Å². The first-order chi connectivity index (χ1) is 6.25. The van der Waals surface area contributed by atoms with Crippen LogP contribution in [0.4, 0.5) is 0 Å². The molecule has 0 spiro atoms. The van der Waals surface area contributed by atoms with E-state index in [1.807, 2.05) is 36.4 Å². The van der Waals surface area contributed by atoms with Crippen molar-refractivity contribution in [1.29, 1.82) is 0 Å². The molecule has 0 aromatic heterocycles. The zero-order valence-electron chi connectivity index (χ0n) is 7.03. The molecule has 0 bridgehead atoms. The molecule has 3 heteroatoms. The lowest BCUT2D eigenvalue weighted by Gasteiger charge is -2.02. The first kappa shape index (κ1) is 10.4. The van der Waals surface area contributed by atoms with Gasteiger partial charge in [-0.15, -0.1) is 0 Å². The molecule has 0 unspecified atom stereocenters. The molecule has 0 heterocycles. The van der Waals surface area contributed by atoms with Gasteiger partial charge in [0.15, 0.2) is 0 Å². The Morgan fingerprint density at radius 2 is 2.15 bits per heavy atom. The Bertz CT molecular complexity index is 333. The fourth-order valence-electron chi connectivity index (χ4n) is 1.04. The van der Waals surface area contributed by atoms with Crippen LogP contribution in [-0.4, -0.2) is 10.3 Å². The van der Waals surface area contributed by atoms with Gasteiger partial charge < -0.3 is 5.73 Å². The fraction of sp³-hybridized carbons (Fsp3) is 0.100. The monoisotopic (exact) mass is 255 g/mol. The van der Waals surface area contributed by atoms with Crippen molar-refractivity contribution in [3.8, 4) is 0 Å². The van der Waals surface area contributed by atoms with E-state index in [1.54, 1.807) is 0 Å². The van der Waals surface area contributed by atoms with Crippen molar-refractivity contribution in [2.45, 2.75) is 0 Å². The van der Waals surface area contributed by atoms with E-state index in [9.17, 15) is 0 Å². The third kappa shape index (κ3) is 2.94. The molecular formula is C10H10BrNS. The van der Waals surface area contributed by atoms with Crippen molar-refractivity contribution >= 4 is 39.2 Å². The van der Waals surface area contributed by atoms with Crippen LogP contribution < -0.4 is 5.73 Å². The van der Waals surface area contributed by atoms with Crippen molar-refractivity contribution < 1.29 is 0 Å². The molecule has 0 aliphatic heterocycles. The number of hydrogen-bond donors (Lipinski definition) is 1. The minimum absolute atomic E-state index is 0.440. The number of nitrogens with two attached hydrogens (primary N) is 1. The Morgan fingerprint density at radius 3 is 2.77 bits per heavy atom. The van der Waals surface area contributed by atoms with Crippen LogP contribution in [0.2, 0.25) is 0 Å². The van der Waals surface area contributed by atoms with Crippen LogP contribution >= 0.6 is 28.1 Å². The number of halogens is 1. The van der Waals surface area contributed by atoms with Crippen LogP contribution in [-0.2, 0) is 0 Å². The summed E-state index contributed by atoms with van der Waals surface area (Å²) in [6.07, 6.45) is 4.01. The Hall–Kier alpha value is -0.670. The van der Waals surface area contributed by atoms with Gasteiger partial charge in [-0.2, -0.15) is 0 Å². The molecule has 0 aliphatic rings. The van der Waals surface area contributed by atoms with Gasteiger partial charge in [-0.25, -0.2) is 0 Å². The third-order valence-corrected chi connectivity index (χ3v) is 2.21. The van der Waals surface area contributed by atoms with Crippen LogP contribution in [0.15, 0.2) is 30.3 Å². The molecule has 0 atom stereocenters. The van der Waals surface area contributed by atoms with Crippen LogP contribution in [0, 0.1) is 0 Å². The molecule has 0 fully saturated rings. The van der Waals surface area contributed by atoms with Gasteiger partial charge in [-0.05, 0) is 5.56 Å². The van der Waals surface area contributed by atoms with Gasteiger partial charge in [0.1, 0.15) is 4.99 Å². The van der Waals surface area contributed by atoms with Crippen molar-refractivity contribution in [2.75, 3.05) is 5.33 Å². The predicted molar refractivity (Wildman–Crippen MR) is 65.2 cm³/mol. The van der Waals surface area contributed by atoms with Crippen LogP contribution in [0.25, 0.3) is 6.08 Å². The highest BCUT2D eigenvalue weighted by atomic mass is 79.9. The van der Waals surface area contributed by atoms with Gasteiger partial charge in [-0.1, -0.05) is 64.6 Å². The number of benzene rings is 1. The van der Waals surface area contributed by atoms with E-state index in [2.05, 4.69) is 15.9 Å². The van der Waals surface area contributed by atoms with E-state index in [0.29, 0.717) is 4.99 Å². The van der Waals surface area contributed by atoms with E-state index in [1.165, 1.54) is 0 Å². The minimum atomic E-state index is 0.440. The van der Waals surface area contributed by atoms with Crippen LogP contribution in [0.3, 0.4) is 0 Å². The SMILES string of the molecule is NC(=S)c1ccccc1C=CCBr. The highest BCUT2D eigenvalue weighted by molar-refractivity contribution is 9.09. The average molecular weight is 256 g/mol. The van der Waals surface area contributed by atoms with E-state index >= 15 is 0 Å². The maximum atomic E-state index is 5.57. The predicted octanol–water partition coefficient (Wildman–Crippen LogP) is 2.73. The lowest BCUT2D eigenvalue weighted by Crippen LogP contribution is -2.10. The van der Waals surface area contributed by atoms with Crippen LogP contribution in [0.1, 0.15) is 11.1 Å². The maximum Gasteiger partial charge on any atom is 0.104 e. The second-order valence-corrected chi connectivity index (χ2v) is 3.60. The molecular weight excluding hydrogens is 246 g/mol. The van der Waals surface area contributed by atoms with E-state index in [-0.39, 0.29) is 0 Å².